The number of rotatable bonds is 3. The van der Waals surface area contributed by atoms with Gasteiger partial charge >= 0.3 is 0 Å². The Morgan fingerprint density at radius 1 is 0.900 bits per heavy atom. The number of hydrogen-bond donors (Lipinski definition) is 2. The fourth-order valence-electron chi connectivity index (χ4n) is 4.07. The van der Waals surface area contributed by atoms with Crippen LogP contribution in [-0.4, -0.2) is 33.7 Å². The van der Waals surface area contributed by atoms with Crippen LogP contribution in [-0.2, 0) is 13.1 Å². The van der Waals surface area contributed by atoms with E-state index in [1.165, 1.54) is 36.8 Å². The van der Waals surface area contributed by atoms with Gasteiger partial charge in [-0.1, -0.05) is 37.1 Å². The monoisotopic (exact) mass is 424 g/mol. The molecule has 1 fully saturated rings. The highest BCUT2D eigenvalue weighted by Crippen LogP contribution is 2.30. The van der Waals surface area contributed by atoms with Crippen molar-refractivity contribution < 1.29 is 0 Å². The lowest BCUT2D eigenvalue weighted by molar-refractivity contribution is 0.514. The van der Waals surface area contributed by atoms with E-state index in [0.717, 1.165) is 37.8 Å². The van der Waals surface area contributed by atoms with Gasteiger partial charge in [0.05, 0.1) is 0 Å². The first-order chi connectivity index (χ1) is 14.4. The van der Waals surface area contributed by atoms with Crippen LogP contribution in [0.2, 0.25) is 0 Å². The number of benzene rings is 1. The van der Waals surface area contributed by atoms with E-state index in [2.05, 4.69) is 71.5 Å². The molecule has 7 heteroatoms. The summed E-state index contributed by atoms with van der Waals surface area (Å²) in [4.78, 5) is 14.4. The van der Waals surface area contributed by atoms with Gasteiger partial charge in [-0.2, -0.15) is 9.97 Å². The average molecular weight is 425 g/mol. The molecule has 6 nitrogen and oxygen atoms in total. The number of anilines is 3. The topological polar surface area (TPSA) is 56.3 Å². The van der Waals surface area contributed by atoms with Gasteiger partial charge in [-0.25, -0.2) is 0 Å². The first kappa shape index (κ1) is 20.8. The molecule has 0 spiro atoms. The molecule has 2 aromatic rings. The minimum absolute atomic E-state index is 0.119. The maximum Gasteiger partial charge on any atom is 0.232 e. The van der Waals surface area contributed by atoms with Crippen LogP contribution in [0, 0.1) is 0 Å². The van der Waals surface area contributed by atoms with Gasteiger partial charge in [-0.05, 0) is 57.0 Å². The van der Waals surface area contributed by atoms with E-state index in [1.807, 2.05) is 0 Å². The molecule has 0 bridgehead atoms. The quantitative estimate of drug-likeness (QED) is 0.706. The van der Waals surface area contributed by atoms with Crippen molar-refractivity contribution in [1.82, 2.24) is 15.3 Å². The zero-order chi connectivity index (χ0) is 21.1. The molecule has 1 saturated heterocycles. The summed E-state index contributed by atoms with van der Waals surface area (Å²) in [5.74, 6) is 2.49. The van der Waals surface area contributed by atoms with E-state index >= 15 is 0 Å². The summed E-state index contributed by atoms with van der Waals surface area (Å²) in [6.07, 6.45) is 5.00. The smallest absolute Gasteiger partial charge is 0.232 e. The molecule has 0 aliphatic carbocycles. The van der Waals surface area contributed by atoms with Gasteiger partial charge in [-0.3, -0.25) is 0 Å². The Labute approximate surface area is 185 Å². The van der Waals surface area contributed by atoms with Gasteiger partial charge in [0.1, 0.15) is 11.6 Å². The molecule has 0 radical (unpaired) electrons. The first-order valence-electron chi connectivity index (χ1n) is 10.9. The fraction of sp³-hybridized carbons (Fsp3) is 0.522. The molecular weight excluding hydrogens is 392 g/mol. The lowest BCUT2D eigenvalue weighted by Crippen LogP contribution is -2.43. The van der Waals surface area contributed by atoms with E-state index < -0.39 is 0 Å². The van der Waals surface area contributed by atoms with E-state index in [4.69, 9.17) is 22.2 Å². The second-order valence-corrected chi connectivity index (χ2v) is 9.67. The van der Waals surface area contributed by atoms with Gasteiger partial charge in [-0.15, -0.1) is 0 Å². The van der Waals surface area contributed by atoms with Crippen molar-refractivity contribution >= 4 is 34.9 Å². The molecule has 160 valence electrons. The number of thiocarbonyl (C=S) groups is 1. The summed E-state index contributed by atoms with van der Waals surface area (Å²) in [5.41, 5.74) is 2.62. The highest BCUT2D eigenvalue weighted by molar-refractivity contribution is 7.80. The Balaban J connectivity index is 1.61. The predicted octanol–water partition coefficient (Wildman–Crippen LogP) is 4.46. The molecule has 3 heterocycles. The van der Waals surface area contributed by atoms with Crippen molar-refractivity contribution in [2.45, 2.75) is 65.1 Å². The van der Waals surface area contributed by atoms with E-state index in [0.29, 0.717) is 11.1 Å². The molecule has 30 heavy (non-hydrogen) atoms. The standard InChI is InChI=1S/C23H32N6S/c1-23(2,3)27-22(30)26-21-24-19(28-12-8-4-5-9-13-28)14-20(25-21)29-15-17-10-6-7-11-18(17)16-29/h6-7,10-11,14H,4-5,8-9,12-13,15-16H2,1-3H3,(H2,24,25,26,27,30). The largest absolute Gasteiger partial charge is 0.358 e. The number of nitrogens with zero attached hydrogens (tertiary/aromatic N) is 4. The Bertz CT molecular complexity index is 874. The van der Waals surface area contributed by atoms with Crippen LogP contribution >= 0.6 is 12.2 Å². The molecule has 1 aromatic carbocycles. The van der Waals surface area contributed by atoms with Crippen molar-refractivity contribution in [3.8, 4) is 0 Å². The molecule has 4 rings (SSSR count). The molecule has 0 atom stereocenters. The number of fused-ring (bicyclic) bond motifs is 1. The van der Waals surface area contributed by atoms with Crippen molar-refractivity contribution in [2.24, 2.45) is 0 Å². The molecular formula is C23H32N6S. The Morgan fingerprint density at radius 3 is 2.03 bits per heavy atom. The number of aromatic nitrogens is 2. The van der Waals surface area contributed by atoms with Crippen molar-refractivity contribution in [2.75, 3.05) is 28.2 Å². The van der Waals surface area contributed by atoms with Crippen molar-refractivity contribution in [3.63, 3.8) is 0 Å². The van der Waals surface area contributed by atoms with Gasteiger partial charge in [0.2, 0.25) is 5.95 Å². The SMILES string of the molecule is CC(C)(C)NC(=S)Nc1nc(N2CCCCCC2)cc(N2Cc3ccccc3C2)n1. The van der Waals surface area contributed by atoms with Crippen LogP contribution in [0.1, 0.15) is 57.6 Å². The summed E-state index contributed by atoms with van der Waals surface area (Å²) in [6, 6.07) is 10.8. The third kappa shape index (κ3) is 5.19. The highest BCUT2D eigenvalue weighted by atomic mass is 32.1. The van der Waals surface area contributed by atoms with Crippen LogP contribution in [0.25, 0.3) is 0 Å². The second kappa shape index (κ2) is 8.76. The van der Waals surface area contributed by atoms with E-state index in [-0.39, 0.29) is 5.54 Å². The predicted molar refractivity (Wildman–Crippen MR) is 128 cm³/mol. The second-order valence-electron chi connectivity index (χ2n) is 9.26. The Morgan fingerprint density at radius 2 is 1.47 bits per heavy atom. The molecule has 2 aliphatic heterocycles. The average Bonchev–Trinajstić information content (AvgIpc) is 2.92. The fourth-order valence-corrected chi connectivity index (χ4v) is 4.47. The van der Waals surface area contributed by atoms with Gasteiger partial charge in [0, 0.05) is 37.8 Å². The third-order valence-corrected chi connectivity index (χ3v) is 5.71. The Kier molecular flexibility index (Phi) is 6.09. The van der Waals surface area contributed by atoms with E-state index in [1.54, 1.807) is 0 Å². The van der Waals surface area contributed by atoms with Gasteiger partial charge < -0.3 is 20.4 Å². The third-order valence-electron chi connectivity index (χ3n) is 5.51. The number of hydrogen-bond acceptors (Lipinski definition) is 5. The van der Waals surface area contributed by atoms with Crippen LogP contribution < -0.4 is 20.4 Å². The Hall–Kier alpha value is -2.41. The number of nitrogens with one attached hydrogen (secondary N) is 2. The van der Waals surface area contributed by atoms with Crippen LogP contribution in [0.5, 0.6) is 0 Å². The molecule has 1 aromatic heterocycles. The summed E-state index contributed by atoms with van der Waals surface area (Å²) < 4.78 is 0. The zero-order valence-electron chi connectivity index (χ0n) is 18.2. The van der Waals surface area contributed by atoms with Crippen molar-refractivity contribution in [1.29, 1.82) is 0 Å². The summed E-state index contributed by atoms with van der Waals surface area (Å²) >= 11 is 5.51. The first-order valence-corrected chi connectivity index (χ1v) is 11.3. The maximum absolute atomic E-state index is 5.51. The molecule has 2 N–H and O–H groups in total. The lowest BCUT2D eigenvalue weighted by Gasteiger charge is -2.26. The minimum Gasteiger partial charge on any atom is -0.358 e. The summed E-state index contributed by atoms with van der Waals surface area (Å²) in [6.45, 7) is 10.1. The van der Waals surface area contributed by atoms with E-state index in [9.17, 15) is 0 Å². The van der Waals surface area contributed by atoms with Gasteiger partial charge in [0.15, 0.2) is 5.11 Å². The van der Waals surface area contributed by atoms with Crippen LogP contribution in [0.4, 0.5) is 17.6 Å². The molecule has 2 aliphatic rings. The summed E-state index contributed by atoms with van der Waals surface area (Å²) in [5, 5.41) is 7.06. The molecule has 0 unspecified atom stereocenters. The van der Waals surface area contributed by atoms with Crippen LogP contribution in [0.3, 0.4) is 0 Å². The van der Waals surface area contributed by atoms with Crippen molar-refractivity contribution in [3.05, 3.63) is 41.5 Å². The molecule has 0 amide bonds. The van der Waals surface area contributed by atoms with Crippen LogP contribution in [0.15, 0.2) is 30.3 Å². The lowest BCUT2D eigenvalue weighted by atomic mass is 10.1. The normalized spacial score (nSPS) is 16.8. The van der Waals surface area contributed by atoms with Gasteiger partial charge in [0.25, 0.3) is 0 Å². The highest BCUT2D eigenvalue weighted by Gasteiger charge is 2.23. The zero-order valence-corrected chi connectivity index (χ0v) is 19.1. The molecule has 0 saturated carbocycles. The maximum atomic E-state index is 5.51. The minimum atomic E-state index is -0.119. The summed E-state index contributed by atoms with van der Waals surface area (Å²) in [7, 11) is 0.